The molecule has 19 heavy (non-hydrogen) atoms. The van der Waals surface area contributed by atoms with Crippen LogP contribution in [0.25, 0.3) is 11.1 Å². The van der Waals surface area contributed by atoms with Crippen molar-refractivity contribution in [1.29, 1.82) is 0 Å². The van der Waals surface area contributed by atoms with E-state index < -0.39 is 0 Å². The molecule has 0 aliphatic heterocycles. The number of hydrogen-bond donors (Lipinski definition) is 1. The van der Waals surface area contributed by atoms with E-state index in [9.17, 15) is 0 Å². The van der Waals surface area contributed by atoms with E-state index in [0.29, 0.717) is 11.8 Å². The minimum absolute atomic E-state index is 0.442. The van der Waals surface area contributed by atoms with Crippen molar-refractivity contribution < 1.29 is 4.52 Å². The van der Waals surface area contributed by atoms with Crippen molar-refractivity contribution in [3.8, 4) is 11.1 Å². The standard InChI is InChI=1S/C15H15BrN2O/c16-12-3-1-8(2-4-12)13-14(18-19-15(13)17)11-6-9-5-10(9)7-11/h1-4,9-11H,5-7,17H2. The van der Waals surface area contributed by atoms with Gasteiger partial charge in [-0.3, -0.25) is 0 Å². The van der Waals surface area contributed by atoms with Gasteiger partial charge in [0, 0.05) is 10.4 Å². The van der Waals surface area contributed by atoms with E-state index in [4.69, 9.17) is 10.3 Å². The first-order valence-corrected chi connectivity index (χ1v) is 7.52. The van der Waals surface area contributed by atoms with E-state index in [1.165, 1.54) is 19.3 Å². The zero-order valence-electron chi connectivity index (χ0n) is 10.5. The molecular weight excluding hydrogens is 304 g/mol. The molecule has 2 aliphatic carbocycles. The normalized spacial score (nSPS) is 28.4. The third-order valence-electron chi connectivity index (χ3n) is 4.51. The molecule has 1 aromatic carbocycles. The molecule has 4 heteroatoms. The molecule has 4 rings (SSSR count). The molecule has 0 saturated heterocycles. The van der Waals surface area contributed by atoms with Crippen molar-refractivity contribution in [3.63, 3.8) is 0 Å². The Bertz CT molecular complexity index is 610. The zero-order chi connectivity index (χ0) is 13.0. The lowest BCUT2D eigenvalue weighted by molar-refractivity contribution is 0.416. The van der Waals surface area contributed by atoms with Gasteiger partial charge in [-0.2, -0.15) is 0 Å². The van der Waals surface area contributed by atoms with Gasteiger partial charge < -0.3 is 10.3 Å². The van der Waals surface area contributed by atoms with Gasteiger partial charge >= 0.3 is 0 Å². The van der Waals surface area contributed by atoms with Crippen molar-refractivity contribution in [2.24, 2.45) is 11.8 Å². The molecule has 2 unspecified atom stereocenters. The van der Waals surface area contributed by atoms with Crippen molar-refractivity contribution in [3.05, 3.63) is 34.4 Å². The highest BCUT2D eigenvalue weighted by molar-refractivity contribution is 9.10. The summed E-state index contributed by atoms with van der Waals surface area (Å²) in [6.45, 7) is 0. The summed E-state index contributed by atoms with van der Waals surface area (Å²) >= 11 is 3.46. The summed E-state index contributed by atoms with van der Waals surface area (Å²) in [4.78, 5) is 0. The molecule has 0 bridgehead atoms. The van der Waals surface area contributed by atoms with Crippen LogP contribution in [0.4, 0.5) is 5.88 Å². The molecular formula is C15H15BrN2O. The summed E-state index contributed by atoms with van der Waals surface area (Å²) in [6, 6.07) is 8.17. The van der Waals surface area contributed by atoms with Crippen LogP contribution in [0.3, 0.4) is 0 Å². The highest BCUT2D eigenvalue weighted by Crippen LogP contribution is 2.58. The van der Waals surface area contributed by atoms with Crippen molar-refractivity contribution in [1.82, 2.24) is 5.16 Å². The average molecular weight is 319 g/mol. The first-order chi connectivity index (χ1) is 9.22. The average Bonchev–Trinajstić information content (AvgIpc) is 2.84. The van der Waals surface area contributed by atoms with Gasteiger partial charge in [0.05, 0.1) is 11.3 Å². The number of hydrogen-bond acceptors (Lipinski definition) is 3. The minimum atomic E-state index is 0.442. The molecule has 2 atom stereocenters. The second-order valence-electron chi connectivity index (χ2n) is 5.74. The van der Waals surface area contributed by atoms with Gasteiger partial charge in [-0.25, -0.2) is 0 Å². The molecule has 2 aromatic rings. The predicted molar refractivity (Wildman–Crippen MR) is 77.6 cm³/mol. The Hall–Kier alpha value is -1.29. The Labute approximate surface area is 120 Å². The maximum Gasteiger partial charge on any atom is 0.230 e. The summed E-state index contributed by atoms with van der Waals surface area (Å²) in [5.74, 6) is 2.84. The number of nitrogens with zero attached hydrogens (tertiary/aromatic N) is 1. The molecule has 2 fully saturated rings. The topological polar surface area (TPSA) is 52.0 Å². The van der Waals surface area contributed by atoms with E-state index in [2.05, 4.69) is 33.2 Å². The Morgan fingerprint density at radius 3 is 2.47 bits per heavy atom. The lowest BCUT2D eigenvalue weighted by Gasteiger charge is -2.10. The van der Waals surface area contributed by atoms with Crippen molar-refractivity contribution in [2.45, 2.75) is 25.2 Å². The van der Waals surface area contributed by atoms with Crippen LogP contribution >= 0.6 is 15.9 Å². The minimum Gasteiger partial charge on any atom is -0.367 e. The van der Waals surface area contributed by atoms with Crippen molar-refractivity contribution in [2.75, 3.05) is 5.73 Å². The lowest BCUT2D eigenvalue weighted by Crippen LogP contribution is -1.99. The summed E-state index contributed by atoms with van der Waals surface area (Å²) < 4.78 is 6.32. The number of halogens is 1. The first kappa shape index (κ1) is 11.5. The number of benzene rings is 1. The van der Waals surface area contributed by atoms with Crippen LogP contribution in [0, 0.1) is 11.8 Å². The molecule has 1 aromatic heterocycles. The SMILES string of the molecule is Nc1onc(C2CC3CC3C2)c1-c1ccc(Br)cc1. The van der Waals surface area contributed by atoms with Gasteiger partial charge in [0.15, 0.2) is 0 Å². The molecule has 2 saturated carbocycles. The van der Waals surface area contributed by atoms with Crippen LogP contribution < -0.4 is 5.73 Å². The number of nitrogen functional groups attached to an aromatic ring is 1. The number of rotatable bonds is 2. The largest absolute Gasteiger partial charge is 0.367 e. The van der Waals surface area contributed by atoms with Gasteiger partial charge in [-0.05, 0) is 48.8 Å². The lowest BCUT2D eigenvalue weighted by atomic mass is 9.93. The van der Waals surface area contributed by atoms with Crippen LogP contribution in [0.15, 0.2) is 33.3 Å². The third-order valence-corrected chi connectivity index (χ3v) is 5.04. The number of anilines is 1. The second kappa shape index (κ2) is 4.10. The van der Waals surface area contributed by atoms with Gasteiger partial charge in [0.2, 0.25) is 5.88 Å². The quantitative estimate of drug-likeness (QED) is 0.902. The molecule has 0 radical (unpaired) electrons. The second-order valence-corrected chi connectivity index (χ2v) is 6.65. The Balaban J connectivity index is 1.74. The molecule has 2 aliphatic rings. The molecule has 0 amide bonds. The number of fused-ring (bicyclic) bond motifs is 1. The van der Waals surface area contributed by atoms with Crippen LogP contribution in [-0.2, 0) is 0 Å². The Morgan fingerprint density at radius 2 is 1.79 bits per heavy atom. The first-order valence-electron chi connectivity index (χ1n) is 6.73. The number of aromatic nitrogens is 1. The maximum atomic E-state index is 5.98. The molecule has 1 heterocycles. The fourth-order valence-corrected chi connectivity index (χ4v) is 3.70. The highest BCUT2D eigenvalue weighted by Gasteiger charge is 2.47. The Morgan fingerprint density at radius 1 is 1.11 bits per heavy atom. The fraction of sp³-hybridized carbons (Fsp3) is 0.400. The van der Waals surface area contributed by atoms with E-state index in [-0.39, 0.29) is 0 Å². The zero-order valence-corrected chi connectivity index (χ0v) is 12.1. The van der Waals surface area contributed by atoms with Crippen LogP contribution in [-0.4, -0.2) is 5.16 Å². The molecule has 2 N–H and O–H groups in total. The van der Waals surface area contributed by atoms with Gasteiger partial charge in [-0.15, -0.1) is 0 Å². The van der Waals surface area contributed by atoms with Crippen LogP contribution in [0.5, 0.6) is 0 Å². The van der Waals surface area contributed by atoms with Crippen LogP contribution in [0.1, 0.15) is 30.9 Å². The molecule has 0 spiro atoms. The molecule has 3 nitrogen and oxygen atoms in total. The van der Waals surface area contributed by atoms with E-state index >= 15 is 0 Å². The summed E-state index contributed by atoms with van der Waals surface area (Å²) in [7, 11) is 0. The number of nitrogens with two attached hydrogens (primary N) is 1. The monoisotopic (exact) mass is 318 g/mol. The third kappa shape index (κ3) is 1.89. The van der Waals surface area contributed by atoms with Crippen molar-refractivity contribution >= 4 is 21.8 Å². The summed E-state index contributed by atoms with van der Waals surface area (Å²) in [5, 5.41) is 4.24. The smallest absolute Gasteiger partial charge is 0.230 e. The van der Waals surface area contributed by atoms with E-state index in [0.717, 1.165) is 33.1 Å². The Kier molecular flexibility index (Phi) is 2.49. The maximum absolute atomic E-state index is 5.98. The summed E-state index contributed by atoms with van der Waals surface area (Å²) in [6.07, 6.45) is 3.91. The van der Waals surface area contributed by atoms with Gasteiger partial charge in [-0.1, -0.05) is 33.2 Å². The van der Waals surface area contributed by atoms with Gasteiger partial charge in [0.1, 0.15) is 0 Å². The van der Waals surface area contributed by atoms with E-state index in [1.54, 1.807) is 0 Å². The fourth-order valence-electron chi connectivity index (χ4n) is 3.44. The van der Waals surface area contributed by atoms with E-state index in [1.807, 2.05) is 12.1 Å². The predicted octanol–water partition coefficient (Wildman–Crippen LogP) is 4.20. The highest BCUT2D eigenvalue weighted by atomic mass is 79.9. The summed E-state index contributed by atoms with van der Waals surface area (Å²) in [5.41, 5.74) is 9.14. The van der Waals surface area contributed by atoms with Gasteiger partial charge in [0.25, 0.3) is 0 Å². The molecule has 98 valence electrons. The van der Waals surface area contributed by atoms with Crippen LogP contribution in [0.2, 0.25) is 0 Å².